The average molecular weight is 512 g/mol. The Balaban J connectivity index is 1.29. The zero-order valence-electron chi connectivity index (χ0n) is 21.6. The van der Waals surface area contributed by atoms with Crippen molar-refractivity contribution in [2.45, 2.75) is 26.7 Å². The fourth-order valence-corrected chi connectivity index (χ4v) is 4.09. The summed E-state index contributed by atoms with van der Waals surface area (Å²) in [5, 5.41) is 0.892. The summed E-state index contributed by atoms with van der Waals surface area (Å²) in [7, 11) is 0. The van der Waals surface area contributed by atoms with Crippen LogP contribution >= 0.6 is 0 Å². The van der Waals surface area contributed by atoms with E-state index in [1.54, 1.807) is 31.5 Å². The van der Waals surface area contributed by atoms with Crippen molar-refractivity contribution in [1.82, 2.24) is 15.0 Å². The van der Waals surface area contributed by atoms with Crippen LogP contribution in [0.25, 0.3) is 10.9 Å². The highest BCUT2D eigenvalue weighted by Gasteiger charge is 2.11. The lowest BCUT2D eigenvalue weighted by atomic mass is 9.98. The van der Waals surface area contributed by atoms with Gasteiger partial charge in [-0.1, -0.05) is 49.1 Å². The van der Waals surface area contributed by atoms with Crippen LogP contribution in [0, 0.1) is 18.8 Å². The first-order valence-corrected chi connectivity index (χ1v) is 12.6. The van der Waals surface area contributed by atoms with E-state index in [2.05, 4.69) is 26.8 Å². The molecule has 0 amide bonds. The summed E-state index contributed by atoms with van der Waals surface area (Å²) in [6, 6.07) is 22.1. The number of benzene rings is 3. The molecule has 0 saturated heterocycles. The van der Waals surface area contributed by atoms with Gasteiger partial charge in [-0.2, -0.15) is 0 Å². The molecule has 2 heterocycles. The molecule has 190 valence electrons. The zero-order valence-corrected chi connectivity index (χ0v) is 21.6. The van der Waals surface area contributed by atoms with Crippen LogP contribution in [0.4, 0.5) is 0 Å². The fraction of sp³-hybridized carbons (Fsp3) is 0.121. The first-order valence-electron chi connectivity index (χ1n) is 12.6. The van der Waals surface area contributed by atoms with Crippen LogP contribution in [0.15, 0.2) is 91.5 Å². The number of rotatable bonds is 7. The lowest BCUT2D eigenvalue weighted by Crippen LogP contribution is -2.04. The molecule has 5 aromatic rings. The van der Waals surface area contributed by atoms with Gasteiger partial charge in [-0.25, -0.2) is 9.97 Å². The van der Waals surface area contributed by atoms with E-state index in [4.69, 9.17) is 4.74 Å². The number of hydrogen-bond acceptors (Lipinski definition) is 6. The van der Waals surface area contributed by atoms with Crippen LogP contribution in [0.5, 0.6) is 11.5 Å². The summed E-state index contributed by atoms with van der Waals surface area (Å²) in [5.41, 5.74) is 5.33. The third kappa shape index (κ3) is 6.06. The second-order valence-corrected chi connectivity index (χ2v) is 9.04. The third-order valence-electron chi connectivity index (χ3n) is 6.30. The largest absolute Gasteiger partial charge is 0.457 e. The number of hydrogen-bond donors (Lipinski definition) is 0. The predicted octanol–water partition coefficient (Wildman–Crippen LogP) is 6.54. The van der Waals surface area contributed by atoms with Crippen molar-refractivity contribution < 1.29 is 14.3 Å². The van der Waals surface area contributed by atoms with Gasteiger partial charge >= 0.3 is 0 Å². The van der Waals surface area contributed by atoms with Crippen LogP contribution in [0.2, 0.25) is 0 Å². The summed E-state index contributed by atoms with van der Waals surface area (Å²) in [6.45, 7) is 3.78. The molecule has 39 heavy (non-hydrogen) atoms. The number of ketones is 2. The van der Waals surface area contributed by atoms with E-state index in [9.17, 15) is 9.59 Å². The number of Topliss-reactive ketones (excluding diaryl/α,β-unsaturated/α-hetero) is 2. The first kappa shape index (κ1) is 25.5. The number of carbonyl (C=O) groups excluding carboxylic acids is 2. The Hall–Kier alpha value is -5.15. The maximum Gasteiger partial charge on any atom is 0.181 e. The lowest BCUT2D eigenvalue weighted by Gasteiger charge is -2.08. The van der Waals surface area contributed by atoms with E-state index < -0.39 is 0 Å². The van der Waals surface area contributed by atoms with Crippen molar-refractivity contribution in [3.05, 3.63) is 125 Å². The van der Waals surface area contributed by atoms with Crippen molar-refractivity contribution in [2.75, 3.05) is 0 Å². The number of aryl methyl sites for hydroxylation is 1. The van der Waals surface area contributed by atoms with Crippen molar-refractivity contribution in [3.63, 3.8) is 0 Å². The molecule has 0 bridgehead atoms. The highest BCUT2D eigenvalue weighted by Crippen LogP contribution is 2.23. The Morgan fingerprint density at radius 2 is 1.67 bits per heavy atom. The van der Waals surface area contributed by atoms with Crippen LogP contribution in [-0.4, -0.2) is 26.5 Å². The zero-order chi connectivity index (χ0) is 27.2. The van der Waals surface area contributed by atoms with E-state index in [0.29, 0.717) is 29.2 Å². The molecule has 0 unspecified atom stereocenters. The molecule has 0 aliphatic heterocycles. The SMILES string of the molecule is CCC(=O)c1cc(Oc2ccc(CC(=O)c3ccc(C)c(C#Cc4cccc5ncncc45)c3)cc2)ccn1. The van der Waals surface area contributed by atoms with Gasteiger partial charge in [-0.05, 0) is 54.4 Å². The standard InChI is InChI=1S/C33H25N3O3/c1-3-32(37)31-19-28(15-16-35-31)39-27-13-8-23(9-14-27)17-33(38)26-10-7-22(2)25(18-26)12-11-24-5-4-6-30-29(24)20-34-21-36-30/h4-10,13-16,18-21H,3,17H2,1-2H3. The molecule has 2 aromatic heterocycles. The highest BCUT2D eigenvalue weighted by atomic mass is 16.5. The topological polar surface area (TPSA) is 82.0 Å². The Kier molecular flexibility index (Phi) is 7.51. The molecule has 0 aliphatic carbocycles. The minimum absolute atomic E-state index is 0.00197. The van der Waals surface area contributed by atoms with Crippen molar-refractivity contribution in [3.8, 4) is 23.3 Å². The normalized spacial score (nSPS) is 10.5. The number of ether oxygens (including phenoxy) is 1. The number of fused-ring (bicyclic) bond motifs is 1. The summed E-state index contributed by atoms with van der Waals surface area (Å²) >= 11 is 0. The third-order valence-corrected chi connectivity index (χ3v) is 6.30. The summed E-state index contributed by atoms with van der Waals surface area (Å²) in [4.78, 5) is 37.5. The molecule has 5 rings (SSSR count). The van der Waals surface area contributed by atoms with Gasteiger partial charge in [0.05, 0.1) is 5.52 Å². The lowest BCUT2D eigenvalue weighted by molar-refractivity contribution is 0.0978. The quantitative estimate of drug-likeness (QED) is 0.182. The van der Waals surface area contributed by atoms with Gasteiger partial charge in [0.15, 0.2) is 11.6 Å². The Labute approximate surface area is 226 Å². The summed E-state index contributed by atoms with van der Waals surface area (Å²) in [6.07, 6.45) is 5.47. The monoisotopic (exact) mass is 511 g/mol. The van der Waals surface area contributed by atoms with Gasteiger partial charge in [-0.15, -0.1) is 0 Å². The Morgan fingerprint density at radius 1 is 0.846 bits per heavy atom. The van der Waals surface area contributed by atoms with Gasteiger partial charge in [0.25, 0.3) is 0 Å². The average Bonchev–Trinajstić information content (AvgIpc) is 2.97. The summed E-state index contributed by atoms with van der Waals surface area (Å²) in [5.74, 6) is 7.56. The van der Waals surface area contributed by atoms with E-state index in [1.165, 1.54) is 6.33 Å². The number of aromatic nitrogens is 3. The van der Waals surface area contributed by atoms with Gasteiger partial charge in [0.1, 0.15) is 23.5 Å². The second-order valence-electron chi connectivity index (χ2n) is 9.04. The van der Waals surface area contributed by atoms with Gasteiger partial charge in [0, 0.05) is 53.4 Å². The van der Waals surface area contributed by atoms with Gasteiger partial charge in [0.2, 0.25) is 0 Å². The molecular weight excluding hydrogens is 486 g/mol. The van der Waals surface area contributed by atoms with Crippen LogP contribution in [0.3, 0.4) is 0 Å². The van der Waals surface area contributed by atoms with Crippen LogP contribution in [-0.2, 0) is 6.42 Å². The van der Waals surface area contributed by atoms with Crippen LogP contribution in [0.1, 0.15) is 56.4 Å². The molecule has 0 spiro atoms. The minimum atomic E-state index is -0.0392. The number of pyridine rings is 1. The molecular formula is C33H25N3O3. The minimum Gasteiger partial charge on any atom is -0.457 e. The molecule has 6 heteroatoms. The second kappa shape index (κ2) is 11.5. The fourth-order valence-electron chi connectivity index (χ4n) is 4.09. The molecule has 0 fully saturated rings. The Morgan fingerprint density at radius 3 is 2.49 bits per heavy atom. The molecule has 6 nitrogen and oxygen atoms in total. The van der Waals surface area contributed by atoms with Crippen molar-refractivity contribution in [2.24, 2.45) is 0 Å². The first-order chi connectivity index (χ1) is 19.0. The Bertz CT molecular complexity index is 1740. The van der Waals surface area contributed by atoms with E-state index in [-0.39, 0.29) is 18.0 Å². The predicted molar refractivity (Wildman–Crippen MR) is 150 cm³/mol. The molecule has 0 aliphatic rings. The van der Waals surface area contributed by atoms with E-state index in [0.717, 1.165) is 33.2 Å². The van der Waals surface area contributed by atoms with E-state index in [1.807, 2.05) is 67.6 Å². The smallest absolute Gasteiger partial charge is 0.181 e. The molecule has 0 saturated carbocycles. The van der Waals surface area contributed by atoms with E-state index >= 15 is 0 Å². The number of carbonyl (C=O) groups is 2. The van der Waals surface area contributed by atoms with Crippen LogP contribution < -0.4 is 4.74 Å². The number of nitrogens with zero attached hydrogens (tertiary/aromatic N) is 3. The maximum atomic E-state index is 13.1. The maximum absolute atomic E-state index is 13.1. The van der Waals surface area contributed by atoms with Crippen molar-refractivity contribution >= 4 is 22.5 Å². The molecule has 0 atom stereocenters. The molecule has 0 N–H and O–H groups in total. The van der Waals surface area contributed by atoms with Crippen molar-refractivity contribution in [1.29, 1.82) is 0 Å². The van der Waals surface area contributed by atoms with Gasteiger partial charge < -0.3 is 4.74 Å². The molecule has 3 aromatic carbocycles. The summed E-state index contributed by atoms with van der Waals surface area (Å²) < 4.78 is 5.88. The molecule has 0 radical (unpaired) electrons. The highest BCUT2D eigenvalue weighted by molar-refractivity contribution is 5.98. The van der Waals surface area contributed by atoms with Gasteiger partial charge in [-0.3, -0.25) is 14.6 Å².